The molecular formula is C11H13N3O3S2. The van der Waals surface area contributed by atoms with Crippen LogP contribution in [0.5, 0.6) is 5.75 Å². The fraction of sp³-hybridized carbons (Fsp3) is 0.182. The first kappa shape index (κ1) is 13.6. The molecule has 6 nitrogen and oxygen atoms in total. The number of thiazole rings is 1. The van der Waals surface area contributed by atoms with Crippen molar-refractivity contribution in [3.63, 3.8) is 0 Å². The summed E-state index contributed by atoms with van der Waals surface area (Å²) in [7, 11) is -2.22. The van der Waals surface area contributed by atoms with Gasteiger partial charge in [-0.2, -0.15) is 0 Å². The molecule has 19 heavy (non-hydrogen) atoms. The Kier molecular flexibility index (Phi) is 3.63. The van der Waals surface area contributed by atoms with Crippen molar-refractivity contribution in [3.8, 4) is 5.75 Å². The van der Waals surface area contributed by atoms with Crippen molar-refractivity contribution in [1.82, 2.24) is 4.98 Å². The second-order valence-corrected chi connectivity index (χ2v) is 6.70. The molecule has 2 aromatic rings. The lowest BCUT2D eigenvalue weighted by Crippen LogP contribution is -2.13. The molecule has 8 heteroatoms. The van der Waals surface area contributed by atoms with Gasteiger partial charge in [0.05, 0.1) is 17.7 Å². The fourth-order valence-electron chi connectivity index (χ4n) is 1.46. The molecule has 0 bridgehead atoms. The average Bonchev–Trinajstić information content (AvgIpc) is 2.73. The summed E-state index contributed by atoms with van der Waals surface area (Å²) in [5, 5.41) is 0.326. The molecule has 3 N–H and O–H groups in total. The van der Waals surface area contributed by atoms with Crippen molar-refractivity contribution in [2.24, 2.45) is 0 Å². The minimum absolute atomic E-state index is 0.0682. The molecule has 102 valence electrons. The van der Waals surface area contributed by atoms with E-state index in [4.69, 9.17) is 10.5 Å². The van der Waals surface area contributed by atoms with Crippen LogP contribution in [0.1, 0.15) is 4.88 Å². The summed E-state index contributed by atoms with van der Waals surface area (Å²) in [5.74, 6) is 0.434. The van der Waals surface area contributed by atoms with Gasteiger partial charge in [-0.25, -0.2) is 13.4 Å². The van der Waals surface area contributed by atoms with Crippen molar-refractivity contribution in [2.45, 2.75) is 11.8 Å². The molecule has 2 rings (SSSR count). The van der Waals surface area contributed by atoms with Crippen LogP contribution in [0.25, 0.3) is 0 Å². The maximum absolute atomic E-state index is 12.1. The van der Waals surface area contributed by atoms with Crippen LogP contribution >= 0.6 is 11.3 Å². The van der Waals surface area contributed by atoms with Crippen LogP contribution in [0, 0.1) is 6.92 Å². The summed E-state index contributed by atoms with van der Waals surface area (Å²) >= 11 is 1.26. The van der Waals surface area contributed by atoms with Crippen LogP contribution in [-0.2, 0) is 10.0 Å². The van der Waals surface area contributed by atoms with E-state index in [1.165, 1.54) is 36.6 Å². The number of benzene rings is 1. The Morgan fingerprint density at radius 3 is 2.68 bits per heavy atom. The molecule has 0 fully saturated rings. The van der Waals surface area contributed by atoms with E-state index >= 15 is 0 Å². The fourth-order valence-corrected chi connectivity index (χ4v) is 3.40. The quantitative estimate of drug-likeness (QED) is 0.840. The van der Waals surface area contributed by atoms with Gasteiger partial charge >= 0.3 is 0 Å². The third kappa shape index (κ3) is 2.96. The number of hydrogen-bond acceptors (Lipinski definition) is 6. The van der Waals surface area contributed by atoms with E-state index in [1.807, 2.05) is 6.92 Å². The zero-order chi connectivity index (χ0) is 14.0. The highest BCUT2D eigenvalue weighted by molar-refractivity contribution is 7.93. The normalized spacial score (nSPS) is 11.3. The smallest absolute Gasteiger partial charge is 0.263 e. The van der Waals surface area contributed by atoms with Gasteiger partial charge in [0.2, 0.25) is 0 Å². The molecule has 0 radical (unpaired) electrons. The molecule has 0 spiro atoms. The minimum Gasteiger partial charge on any atom is -0.495 e. The van der Waals surface area contributed by atoms with Gasteiger partial charge < -0.3 is 10.5 Å². The molecule has 0 aliphatic carbocycles. The van der Waals surface area contributed by atoms with Crippen LogP contribution in [-0.4, -0.2) is 20.5 Å². The standard InChI is InChI=1S/C11H13N3O3S2/c1-7-6-13-11(18-7)14-19(15,16)8-3-4-10(17-2)9(12)5-8/h3-6H,12H2,1-2H3,(H,13,14). The topological polar surface area (TPSA) is 94.3 Å². The number of ether oxygens (including phenoxy) is 1. The average molecular weight is 299 g/mol. The van der Waals surface area contributed by atoms with Gasteiger partial charge in [-0.05, 0) is 25.1 Å². The zero-order valence-electron chi connectivity index (χ0n) is 10.4. The van der Waals surface area contributed by atoms with Crippen molar-refractivity contribution in [2.75, 3.05) is 17.6 Å². The Morgan fingerprint density at radius 2 is 2.16 bits per heavy atom. The maximum atomic E-state index is 12.1. The number of nitrogen functional groups attached to an aromatic ring is 1. The molecule has 0 saturated carbocycles. The summed E-state index contributed by atoms with van der Waals surface area (Å²) < 4.78 is 31.6. The number of nitrogens with zero attached hydrogens (tertiary/aromatic N) is 1. The predicted molar refractivity (Wildman–Crippen MR) is 75.1 cm³/mol. The molecular weight excluding hydrogens is 286 g/mol. The monoisotopic (exact) mass is 299 g/mol. The maximum Gasteiger partial charge on any atom is 0.263 e. The molecule has 1 aromatic heterocycles. The van der Waals surface area contributed by atoms with Crippen LogP contribution in [0.2, 0.25) is 0 Å². The number of hydrogen-bond donors (Lipinski definition) is 2. The Balaban J connectivity index is 2.31. The Morgan fingerprint density at radius 1 is 1.42 bits per heavy atom. The first-order valence-corrected chi connectivity index (χ1v) is 7.61. The Hall–Kier alpha value is -1.80. The number of methoxy groups -OCH3 is 1. The number of anilines is 2. The summed E-state index contributed by atoms with van der Waals surface area (Å²) in [4.78, 5) is 4.95. The van der Waals surface area contributed by atoms with Gasteiger partial charge in [-0.15, -0.1) is 11.3 Å². The number of nitrogens with two attached hydrogens (primary N) is 1. The highest BCUT2D eigenvalue weighted by Gasteiger charge is 2.17. The summed E-state index contributed by atoms with van der Waals surface area (Å²) in [5.41, 5.74) is 5.96. The van der Waals surface area contributed by atoms with Crippen molar-refractivity contribution in [3.05, 3.63) is 29.3 Å². The predicted octanol–water partition coefficient (Wildman–Crippen LogP) is 1.84. The van der Waals surface area contributed by atoms with Gasteiger partial charge in [0.15, 0.2) is 5.13 Å². The SMILES string of the molecule is COc1ccc(S(=O)(=O)Nc2ncc(C)s2)cc1N. The van der Waals surface area contributed by atoms with Gasteiger partial charge in [-0.3, -0.25) is 4.72 Å². The van der Waals surface area contributed by atoms with E-state index in [1.54, 1.807) is 6.20 Å². The molecule has 1 heterocycles. The summed E-state index contributed by atoms with van der Waals surface area (Å²) in [6.45, 7) is 1.85. The first-order valence-electron chi connectivity index (χ1n) is 5.31. The number of aromatic nitrogens is 1. The van der Waals surface area contributed by atoms with E-state index in [-0.39, 0.29) is 10.6 Å². The molecule has 0 unspecified atom stereocenters. The number of rotatable bonds is 4. The Bertz CT molecular complexity index is 695. The molecule has 0 aliphatic rings. The molecule has 0 saturated heterocycles. The van der Waals surface area contributed by atoms with Gasteiger partial charge in [0.1, 0.15) is 5.75 Å². The Labute approximate surface area is 115 Å². The third-order valence-electron chi connectivity index (χ3n) is 2.35. The highest BCUT2D eigenvalue weighted by Crippen LogP contribution is 2.26. The summed E-state index contributed by atoms with van der Waals surface area (Å²) in [6.07, 6.45) is 1.60. The van der Waals surface area contributed by atoms with Gasteiger partial charge in [-0.1, -0.05) is 0 Å². The summed E-state index contributed by atoms with van der Waals surface area (Å²) in [6, 6.07) is 4.29. The van der Waals surface area contributed by atoms with E-state index in [0.29, 0.717) is 10.9 Å². The van der Waals surface area contributed by atoms with E-state index in [0.717, 1.165) is 4.88 Å². The molecule has 0 amide bonds. The van der Waals surface area contributed by atoms with Gasteiger partial charge in [0.25, 0.3) is 10.0 Å². The van der Waals surface area contributed by atoms with Crippen molar-refractivity contribution >= 4 is 32.2 Å². The number of aryl methyl sites for hydroxylation is 1. The minimum atomic E-state index is -3.69. The lowest BCUT2D eigenvalue weighted by molar-refractivity contribution is 0.416. The number of sulfonamides is 1. The van der Waals surface area contributed by atoms with Crippen LogP contribution < -0.4 is 15.2 Å². The zero-order valence-corrected chi connectivity index (χ0v) is 12.0. The lowest BCUT2D eigenvalue weighted by atomic mass is 10.3. The van der Waals surface area contributed by atoms with E-state index in [9.17, 15) is 8.42 Å². The van der Waals surface area contributed by atoms with Crippen molar-refractivity contribution < 1.29 is 13.2 Å². The third-order valence-corrected chi connectivity index (χ3v) is 4.65. The molecule has 1 aromatic carbocycles. The lowest BCUT2D eigenvalue weighted by Gasteiger charge is -2.08. The highest BCUT2D eigenvalue weighted by atomic mass is 32.2. The van der Waals surface area contributed by atoms with E-state index < -0.39 is 10.0 Å². The van der Waals surface area contributed by atoms with Crippen molar-refractivity contribution in [1.29, 1.82) is 0 Å². The molecule has 0 atom stereocenters. The van der Waals surface area contributed by atoms with Crippen LogP contribution in [0.15, 0.2) is 29.3 Å². The van der Waals surface area contributed by atoms with Gasteiger partial charge in [0, 0.05) is 11.1 Å². The first-order chi connectivity index (χ1) is 8.92. The largest absolute Gasteiger partial charge is 0.495 e. The second-order valence-electron chi connectivity index (χ2n) is 3.79. The van der Waals surface area contributed by atoms with E-state index in [2.05, 4.69) is 9.71 Å². The second kappa shape index (κ2) is 5.06. The van der Waals surface area contributed by atoms with Crippen LogP contribution in [0.3, 0.4) is 0 Å². The van der Waals surface area contributed by atoms with Crippen LogP contribution in [0.4, 0.5) is 10.8 Å². The molecule has 0 aliphatic heterocycles. The number of nitrogens with one attached hydrogen (secondary N) is 1.